The van der Waals surface area contributed by atoms with Crippen molar-refractivity contribution >= 4 is 28.5 Å². The van der Waals surface area contributed by atoms with Gasteiger partial charge in [0.2, 0.25) is 5.91 Å². The van der Waals surface area contributed by atoms with E-state index in [4.69, 9.17) is 11.6 Å². The van der Waals surface area contributed by atoms with E-state index in [2.05, 4.69) is 10.3 Å². The molecular weight excluding hydrogens is 398 g/mol. The smallest absolute Gasteiger partial charge is 0.273 e. The topological polar surface area (TPSA) is 64.0 Å². The molecule has 3 aromatic rings. The maximum atomic E-state index is 13.2. The van der Waals surface area contributed by atoms with Crippen LogP contribution in [0.1, 0.15) is 49.8 Å². The van der Waals surface area contributed by atoms with E-state index in [0.29, 0.717) is 23.7 Å². The number of amides is 1. The summed E-state index contributed by atoms with van der Waals surface area (Å²) < 4.78 is 1.71. The van der Waals surface area contributed by atoms with E-state index in [1.165, 1.54) is 19.3 Å². The highest BCUT2D eigenvalue weighted by Gasteiger charge is 2.17. The molecule has 156 valence electrons. The number of carbonyl (C=O) groups is 1. The molecule has 2 aromatic carbocycles. The predicted octanol–water partition coefficient (Wildman–Crippen LogP) is 4.48. The van der Waals surface area contributed by atoms with Crippen LogP contribution in [-0.4, -0.2) is 21.5 Å². The number of para-hydroxylation sites is 2. The van der Waals surface area contributed by atoms with Gasteiger partial charge in [-0.15, -0.1) is 0 Å². The van der Waals surface area contributed by atoms with Crippen molar-refractivity contribution in [1.29, 1.82) is 0 Å². The highest BCUT2D eigenvalue weighted by Crippen LogP contribution is 2.19. The monoisotopic (exact) mass is 423 g/mol. The Morgan fingerprint density at radius 2 is 1.80 bits per heavy atom. The zero-order valence-corrected chi connectivity index (χ0v) is 17.7. The Hall–Kier alpha value is -2.66. The molecule has 1 N–H and O–H groups in total. The van der Waals surface area contributed by atoms with Crippen LogP contribution in [0, 0.1) is 0 Å². The van der Waals surface area contributed by atoms with Gasteiger partial charge in [0.05, 0.1) is 17.6 Å². The van der Waals surface area contributed by atoms with Gasteiger partial charge in [-0.1, -0.05) is 61.2 Å². The lowest BCUT2D eigenvalue weighted by atomic mass is 9.95. The standard InChI is InChI=1S/C24H26ClN3O2/c25-19-11-5-4-8-17(19)16-28-22-13-7-6-12-20(22)27-21(24(28)30)14-15-23(29)26-18-9-2-1-3-10-18/h4-8,11-13,18H,1-3,9-10,14-16H2,(H,26,29). The van der Waals surface area contributed by atoms with Crippen LogP contribution in [0.4, 0.5) is 0 Å². The van der Waals surface area contributed by atoms with Crippen LogP contribution in [0.2, 0.25) is 5.02 Å². The lowest BCUT2D eigenvalue weighted by Gasteiger charge is -2.22. The summed E-state index contributed by atoms with van der Waals surface area (Å²) in [7, 11) is 0. The molecular formula is C24H26ClN3O2. The fourth-order valence-corrected chi connectivity index (χ4v) is 4.34. The van der Waals surface area contributed by atoms with E-state index in [1.54, 1.807) is 4.57 Å². The van der Waals surface area contributed by atoms with Gasteiger partial charge in [0.1, 0.15) is 5.69 Å². The molecule has 0 aliphatic heterocycles. The Labute approximate surface area is 181 Å². The number of hydrogen-bond acceptors (Lipinski definition) is 3. The van der Waals surface area contributed by atoms with Crippen molar-refractivity contribution in [2.24, 2.45) is 0 Å². The fourth-order valence-electron chi connectivity index (χ4n) is 4.14. The number of aromatic nitrogens is 2. The fraction of sp³-hybridized carbons (Fsp3) is 0.375. The largest absolute Gasteiger partial charge is 0.353 e. The number of carbonyl (C=O) groups excluding carboxylic acids is 1. The van der Waals surface area contributed by atoms with Gasteiger partial charge < -0.3 is 9.88 Å². The zero-order chi connectivity index (χ0) is 20.9. The second-order valence-corrected chi connectivity index (χ2v) is 8.34. The first-order valence-corrected chi connectivity index (χ1v) is 11.0. The van der Waals surface area contributed by atoms with Crippen LogP contribution >= 0.6 is 11.6 Å². The summed E-state index contributed by atoms with van der Waals surface area (Å²) in [5.41, 5.74) is 2.63. The van der Waals surface area contributed by atoms with Gasteiger partial charge in [0.25, 0.3) is 5.56 Å². The first kappa shape index (κ1) is 20.6. The first-order chi connectivity index (χ1) is 14.6. The van der Waals surface area contributed by atoms with Crippen LogP contribution in [0.25, 0.3) is 11.0 Å². The Morgan fingerprint density at radius 1 is 1.07 bits per heavy atom. The molecule has 5 nitrogen and oxygen atoms in total. The van der Waals surface area contributed by atoms with Gasteiger partial charge in [-0.25, -0.2) is 4.98 Å². The highest BCUT2D eigenvalue weighted by atomic mass is 35.5. The van der Waals surface area contributed by atoms with Crippen LogP contribution in [0.5, 0.6) is 0 Å². The van der Waals surface area contributed by atoms with E-state index in [-0.39, 0.29) is 23.9 Å². The summed E-state index contributed by atoms with van der Waals surface area (Å²) in [5.74, 6) is -0.00564. The molecule has 0 bridgehead atoms. The lowest BCUT2D eigenvalue weighted by Crippen LogP contribution is -2.36. The summed E-state index contributed by atoms with van der Waals surface area (Å²) in [4.78, 5) is 30.2. The minimum absolute atomic E-state index is 0.00564. The molecule has 1 aliphatic rings. The number of rotatable bonds is 6. The van der Waals surface area contributed by atoms with Gasteiger partial charge >= 0.3 is 0 Å². The molecule has 0 atom stereocenters. The molecule has 0 radical (unpaired) electrons. The number of fused-ring (bicyclic) bond motifs is 1. The van der Waals surface area contributed by atoms with E-state index >= 15 is 0 Å². The Bertz CT molecular complexity index is 1100. The highest BCUT2D eigenvalue weighted by molar-refractivity contribution is 6.31. The average Bonchev–Trinajstić information content (AvgIpc) is 2.76. The second-order valence-electron chi connectivity index (χ2n) is 7.93. The number of benzene rings is 2. The number of nitrogens with one attached hydrogen (secondary N) is 1. The van der Waals surface area contributed by atoms with E-state index in [0.717, 1.165) is 29.4 Å². The van der Waals surface area contributed by atoms with Crippen LogP contribution < -0.4 is 10.9 Å². The normalized spacial score (nSPS) is 14.7. The number of halogens is 1. The van der Waals surface area contributed by atoms with E-state index in [1.807, 2.05) is 48.5 Å². The van der Waals surface area contributed by atoms with Crippen molar-refractivity contribution in [3.63, 3.8) is 0 Å². The Kier molecular flexibility index (Phi) is 6.48. The Morgan fingerprint density at radius 3 is 2.60 bits per heavy atom. The summed E-state index contributed by atoms with van der Waals surface area (Å²) in [5, 5.41) is 3.74. The third-order valence-electron chi connectivity index (χ3n) is 5.77. The minimum atomic E-state index is -0.168. The van der Waals surface area contributed by atoms with Gasteiger partial charge in [-0.05, 0) is 36.6 Å². The van der Waals surface area contributed by atoms with Gasteiger partial charge in [-0.3, -0.25) is 9.59 Å². The lowest BCUT2D eigenvalue weighted by molar-refractivity contribution is -0.122. The number of nitrogens with zero attached hydrogens (tertiary/aromatic N) is 2. The molecule has 0 saturated heterocycles. The molecule has 1 amide bonds. The maximum Gasteiger partial charge on any atom is 0.273 e. The average molecular weight is 424 g/mol. The molecule has 1 fully saturated rings. The first-order valence-electron chi connectivity index (χ1n) is 10.6. The molecule has 0 unspecified atom stereocenters. The van der Waals surface area contributed by atoms with Crippen molar-refractivity contribution in [2.75, 3.05) is 0 Å². The third-order valence-corrected chi connectivity index (χ3v) is 6.13. The molecule has 0 spiro atoms. The molecule has 1 heterocycles. The van der Waals surface area contributed by atoms with Crippen molar-refractivity contribution in [3.05, 3.63) is 75.2 Å². The van der Waals surface area contributed by atoms with E-state index in [9.17, 15) is 9.59 Å². The maximum absolute atomic E-state index is 13.2. The summed E-state index contributed by atoms with van der Waals surface area (Å²) >= 11 is 6.33. The quantitative estimate of drug-likeness (QED) is 0.635. The molecule has 4 rings (SSSR count). The molecule has 6 heteroatoms. The third kappa shape index (κ3) is 4.73. The molecule has 1 aliphatic carbocycles. The van der Waals surface area contributed by atoms with Crippen molar-refractivity contribution < 1.29 is 4.79 Å². The van der Waals surface area contributed by atoms with Crippen molar-refractivity contribution in [2.45, 2.75) is 57.5 Å². The second kappa shape index (κ2) is 9.43. The van der Waals surface area contributed by atoms with Crippen molar-refractivity contribution in [1.82, 2.24) is 14.9 Å². The van der Waals surface area contributed by atoms with Crippen LogP contribution in [0.3, 0.4) is 0 Å². The number of aryl methyl sites for hydroxylation is 1. The Balaban J connectivity index is 1.57. The van der Waals surface area contributed by atoms with Gasteiger partial charge in [0.15, 0.2) is 0 Å². The molecule has 1 aromatic heterocycles. The van der Waals surface area contributed by atoms with E-state index < -0.39 is 0 Å². The SMILES string of the molecule is O=C(CCc1nc2ccccc2n(Cc2ccccc2Cl)c1=O)NC1CCCCC1. The summed E-state index contributed by atoms with van der Waals surface area (Å²) in [6.45, 7) is 0.364. The van der Waals surface area contributed by atoms with Crippen LogP contribution in [0.15, 0.2) is 53.3 Å². The zero-order valence-electron chi connectivity index (χ0n) is 16.9. The van der Waals surface area contributed by atoms with Crippen molar-refractivity contribution in [3.8, 4) is 0 Å². The van der Waals surface area contributed by atoms with Gasteiger partial charge in [0, 0.05) is 23.9 Å². The summed E-state index contributed by atoms with van der Waals surface area (Å²) in [6, 6.07) is 15.4. The van der Waals surface area contributed by atoms with Gasteiger partial charge in [-0.2, -0.15) is 0 Å². The molecule has 1 saturated carbocycles. The molecule has 30 heavy (non-hydrogen) atoms. The minimum Gasteiger partial charge on any atom is -0.353 e. The predicted molar refractivity (Wildman–Crippen MR) is 120 cm³/mol. The number of hydrogen-bond donors (Lipinski definition) is 1. The van der Waals surface area contributed by atoms with Crippen LogP contribution in [-0.2, 0) is 17.8 Å². The summed E-state index contributed by atoms with van der Waals surface area (Å²) in [6.07, 6.45) is 6.27.